The number of aromatic amines is 1. The van der Waals surface area contributed by atoms with Crippen LogP contribution in [-0.2, 0) is 4.74 Å². The van der Waals surface area contributed by atoms with Gasteiger partial charge < -0.3 is 24.3 Å². The SMILES string of the molecule is O=C(c1cc(Br)no1)c1c(O)[nH]c2cc(Cl)c(-c3ccc(N4CCOCC4)cc3)cc12. The maximum Gasteiger partial charge on any atom is 0.237 e. The highest BCUT2D eigenvalue weighted by molar-refractivity contribution is 9.10. The van der Waals surface area contributed by atoms with Crippen molar-refractivity contribution in [3.05, 3.63) is 63.4 Å². The van der Waals surface area contributed by atoms with Gasteiger partial charge in [0.05, 0.1) is 29.3 Å². The monoisotopic (exact) mass is 501 g/mol. The Morgan fingerprint density at radius 1 is 1.16 bits per heavy atom. The highest BCUT2D eigenvalue weighted by atomic mass is 79.9. The van der Waals surface area contributed by atoms with E-state index in [2.05, 4.69) is 31.0 Å². The van der Waals surface area contributed by atoms with Crippen LogP contribution in [0.1, 0.15) is 16.1 Å². The molecule has 1 aliphatic heterocycles. The fraction of sp³-hybridized carbons (Fsp3) is 0.182. The first-order valence-corrected chi connectivity index (χ1v) is 10.8. The third kappa shape index (κ3) is 3.71. The lowest BCUT2D eigenvalue weighted by Gasteiger charge is -2.29. The van der Waals surface area contributed by atoms with Crippen molar-refractivity contribution in [3.8, 4) is 17.0 Å². The van der Waals surface area contributed by atoms with E-state index in [9.17, 15) is 9.90 Å². The van der Waals surface area contributed by atoms with E-state index >= 15 is 0 Å². The van der Waals surface area contributed by atoms with Gasteiger partial charge in [0.15, 0.2) is 0 Å². The van der Waals surface area contributed by atoms with Crippen molar-refractivity contribution in [2.75, 3.05) is 31.2 Å². The molecule has 0 atom stereocenters. The van der Waals surface area contributed by atoms with Gasteiger partial charge in [-0.3, -0.25) is 4.79 Å². The second kappa shape index (κ2) is 8.03. The summed E-state index contributed by atoms with van der Waals surface area (Å²) in [7, 11) is 0. The highest BCUT2D eigenvalue weighted by Crippen LogP contribution is 2.37. The molecule has 0 bridgehead atoms. The Bertz CT molecular complexity index is 1280. The van der Waals surface area contributed by atoms with Gasteiger partial charge in [-0.2, -0.15) is 0 Å². The van der Waals surface area contributed by atoms with E-state index in [1.807, 2.05) is 24.3 Å². The number of carbonyl (C=O) groups is 1. The normalized spacial score (nSPS) is 14.3. The number of hydrogen-bond acceptors (Lipinski definition) is 6. The maximum absolute atomic E-state index is 12.9. The molecule has 0 radical (unpaired) electrons. The Labute approximate surface area is 190 Å². The Hall–Kier alpha value is -2.81. The molecule has 2 aromatic carbocycles. The third-order valence-electron chi connectivity index (χ3n) is 5.35. The van der Waals surface area contributed by atoms with Crippen molar-refractivity contribution < 1.29 is 19.2 Å². The fourth-order valence-electron chi connectivity index (χ4n) is 3.81. The van der Waals surface area contributed by atoms with Gasteiger partial charge in [0.25, 0.3) is 0 Å². The number of anilines is 1. The molecule has 9 heteroatoms. The Morgan fingerprint density at radius 3 is 2.58 bits per heavy atom. The lowest BCUT2D eigenvalue weighted by atomic mass is 10.00. The zero-order chi connectivity index (χ0) is 21.5. The van der Waals surface area contributed by atoms with Crippen molar-refractivity contribution in [1.82, 2.24) is 10.1 Å². The molecule has 0 aliphatic carbocycles. The number of nitrogens with zero attached hydrogens (tertiary/aromatic N) is 2. The molecule has 3 heterocycles. The van der Waals surface area contributed by atoms with Crippen LogP contribution in [0.3, 0.4) is 0 Å². The molecule has 31 heavy (non-hydrogen) atoms. The summed E-state index contributed by atoms with van der Waals surface area (Å²) in [5.74, 6) is -0.698. The van der Waals surface area contributed by atoms with Gasteiger partial charge in [0, 0.05) is 35.8 Å². The Balaban J connectivity index is 1.55. The summed E-state index contributed by atoms with van der Waals surface area (Å²) in [6, 6.07) is 13.1. The molecule has 2 N–H and O–H groups in total. The Morgan fingerprint density at radius 2 is 1.90 bits per heavy atom. The topological polar surface area (TPSA) is 91.6 Å². The number of nitrogens with one attached hydrogen (secondary N) is 1. The van der Waals surface area contributed by atoms with E-state index in [0.29, 0.717) is 20.5 Å². The van der Waals surface area contributed by atoms with Crippen molar-refractivity contribution in [2.45, 2.75) is 0 Å². The number of fused-ring (bicyclic) bond motifs is 1. The Kier molecular flexibility index (Phi) is 5.21. The number of halogens is 2. The summed E-state index contributed by atoms with van der Waals surface area (Å²) in [4.78, 5) is 18.0. The molecule has 0 unspecified atom stereocenters. The number of H-pyrrole nitrogens is 1. The predicted molar refractivity (Wildman–Crippen MR) is 121 cm³/mol. The quantitative estimate of drug-likeness (QED) is 0.381. The molecular weight excluding hydrogens is 486 g/mol. The maximum atomic E-state index is 12.9. The number of ketones is 1. The molecule has 158 valence electrons. The van der Waals surface area contributed by atoms with E-state index in [0.717, 1.165) is 43.1 Å². The zero-order valence-corrected chi connectivity index (χ0v) is 18.5. The fourth-order valence-corrected chi connectivity index (χ4v) is 4.36. The molecule has 0 saturated carbocycles. The average molecular weight is 503 g/mol. The van der Waals surface area contributed by atoms with Crippen LogP contribution >= 0.6 is 27.5 Å². The standard InChI is InChI=1S/C22H17BrClN3O4/c23-19-11-18(31-26-19)21(28)20-15-9-14(16(24)10-17(15)25-22(20)29)12-1-3-13(4-2-12)27-5-7-30-8-6-27/h1-4,9-11,25,29H,5-8H2. The molecule has 1 saturated heterocycles. The van der Waals surface area contributed by atoms with E-state index in [1.54, 1.807) is 12.1 Å². The van der Waals surface area contributed by atoms with Crippen LogP contribution in [0.5, 0.6) is 5.88 Å². The lowest BCUT2D eigenvalue weighted by molar-refractivity contribution is 0.0999. The molecule has 5 rings (SSSR count). The van der Waals surface area contributed by atoms with Crippen LogP contribution in [0.15, 0.2) is 51.6 Å². The van der Waals surface area contributed by atoms with Crippen LogP contribution in [0, 0.1) is 0 Å². The summed E-state index contributed by atoms with van der Waals surface area (Å²) in [6.45, 7) is 3.16. The van der Waals surface area contributed by atoms with Crippen molar-refractivity contribution in [1.29, 1.82) is 0 Å². The molecule has 0 amide bonds. The smallest absolute Gasteiger partial charge is 0.237 e. The minimum Gasteiger partial charge on any atom is -0.494 e. The number of rotatable bonds is 4. The van der Waals surface area contributed by atoms with E-state index < -0.39 is 5.78 Å². The molecule has 2 aromatic heterocycles. The number of aromatic hydroxyl groups is 1. The van der Waals surface area contributed by atoms with Gasteiger partial charge in [-0.15, -0.1) is 0 Å². The van der Waals surface area contributed by atoms with E-state index in [1.165, 1.54) is 6.07 Å². The van der Waals surface area contributed by atoms with Gasteiger partial charge in [-0.1, -0.05) is 28.9 Å². The highest BCUT2D eigenvalue weighted by Gasteiger charge is 2.24. The molecular formula is C22H17BrClN3O4. The number of ether oxygens (including phenoxy) is 1. The van der Waals surface area contributed by atoms with Gasteiger partial charge in [-0.05, 0) is 45.8 Å². The van der Waals surface area contributed by atoms with Gasteiger partial charge in [0.2, 0.25) is 17.4 Å². The van der Waals surface area contributed by atoms with Crippen LogP contribution in [-0.4, -0.2) is 47.3 Å². The van der Waals surface area contributed by atoms with E-state index in [4.69, 9.17) is 20.9 Å². The third-order valence-corrected chi connectivity index (χ3v) is 6.04. The second-order valence-electron chi connectivity index (χ2n) is 7.22. The number of aromatic nitrogens is 2. The predicted octanol–water partition coefficient (Wildman–Crippen LogP) is 5.01. The molecule has 1 aliphatic rings. The summed E-state index contributed by atoms with van der Waals surface area (Å²) in [5.41, 5.74) is 3.45. The minimum atomic E-state index is -0.474. The van der Waals surface area contributed by atoms with Crippen molar-refractivity contribution >= 4 is 49.9 Å². The summed E-state index contributed by atoms with van der Waals surface area (Å²) in [5, 5.41) is 15.1. The molecule has 1 fully saturated rings. The summed E-state index contributed by atoms with van der Waals surface area (Å²) < 4.78 is 10.9. The minimum absolute atomic E-state index is 0.0226. The van der Waals surface area contributed by atoms with Crippen molar-refractivity contribution in [2.24, 2.45) is 0 Å². The molecule has 7 nitrogen and oxygen atoms in total. The largest absolute Gasteiger partial charge is 0.494 e. The van der Waals surface area contributed by atoms with E-state index in [-0.39, 0.29) is 17.2 Å². The first kappa shape index (κ1) is 20.1. The van der Waals surface area contributed by atoms with Crippen LogP contribution in [0.4, 0.5) is 5.69 Å². The molecule has 0 spiro atoms. The zero-order valence-electron chi connectivity index (χ0n) is 16.2. The number of hydrogen-bond donors (Lipinski definition) is 2. The second-order valence-corrected chi connectivity index (χ2v) is 8.44. The van der Waals surface area contributed by atoms with Gasteiger partial charge in [0.1, 0.15) is 4.60 Å². The average Bonchev–Trinajstić information content (AvgIpc) is 3.35. The number of morpholine rings is 1. The lowest BCUT2D eigenvalue weighted by Crippen LogP contribution is -2.36. The first-order valence-electron chi connectivity index (χ1n) is 9.65. The first-order chi connectivity index (χ1) is 15.0. The van der Waals surface area contributed by atoms with Crippen molar-refractivity contribution in [3.63, 3.8) is 0 Å². The summed E-state index contributed by atoms with van der Waals surface area (Å²) >= 11 is 9.70. The van der Waals surface area contributed by atoms with Gasteiger partial charge in [-0.25, -0.2) is 0 Å². The van der Waals surface area contributed by atoms with Crippen LogP contribution in [0.2, 0.25) is 5.02 Å². The number of carbonyl (C=O) groups excluding carboxylic acids is 1. The van der Waals surface area contributed by atoms with Crippen LogP contribution in [0.25, 0.3) is 22.0 Å². The number of benzene rings is 2. The summed E-state index contributed by atoms with van der Waals surface area (Å²) in [6.07, 6.45) is 0. The van der Waals surface area contributed by atoms with Gasteiger partial charge >= 0.3 is 0 Å². The van der Waals surface area contributed by atoms with Crippen LogP contribution < -0.4 is 4.90 Å². The molecule has 4 aromatic rings.